The number of fused-ring (bicyclic) bond motifs is 1. The molecule has 0 amide bonds. The van der Waals surface area contributed by atoms with Crippen LogP contribution in [0, 0.1) is 0 Å². The number of nitrogens with two attached hydrogens (primary N) is 1. The number of piperidine rings is 1. The third-order valence-electron chi connectivity index (χ3n) is 3.97. The van der Waals surface area contributed by atoms with Crippen molar-refractivity contribution in [1.82, 2.24) is 9.38 Å². The monoisotopic (exact) mass is 244 g/mol. The summed E-state index contributed by atoms with van der Waals surface area (Å²) >= 11 is 0. The number of nitrogens with zero attached hydrogens (tertiary/aromatic N) is 3. The lowest BCUT2D eigenvalue weighted by Crippen LogP contribution is -2.49. The molecule has 0 aromatic carbocycles. The van der Waals surface area contributed by atoms with Crippen molar-refractivity contribution in [2.24, 2.45) is 5.73 Å². The van der Waals surface area contributed by atoms with Crippen LogP contribution >= 0.6 is 0 Å². The van der Waals surface area contributed by atoms with Gasteiger partial charge in [-0.3, -0.25) is 4.40 Å². The van der Waals surface area contributed by atoms with E-state index in [1.807, 2.05) is 18.5 Å². The summed E-state index contributed by atoms with van der Waals surface area (Å²) in [7, 11) is 0. The maximum Gasteiger partial charge on any atom is 0.138 e. The summed E-state index contributed by atoms with van der Waals surface area (Å²) < 4.78 is 2.16. The van der Waals surface area contributed by atoms with E-state index in [-0.39, 0.29) is 0 Å². The maximum atomic E-state index is 5.95. The Morgan fingerprint density at radius 3 is 3.11 bits per heavy atom. The largest absolute Gasteiger partial charge is 0.351 e. The van der Waals surface area contributed by atoms with Gasteiger partial charge >= 0.3 is 0 Å². The van der Waals surface area contributed by atoms with Gasteiger partial charge in [0.25, 0.3) is 0 Å². The Kier molecular flexibility index (Phi) is 2.96. The first-order chi connectivity index (χ1) is 8.81. The van der Waals surface area contributed by atoms with E-state index in [4.69, 9.17) is 5.73 Å². The average molecular weight is 244 g/mol. The lowest BCUT2D eigenvalue weighted by atomic mass is 9.96. The van der Waals surface area contributed by atoms with Crippen molar-refractivity contribution in [2.45, 2.75) is 38.3 Å². The minimum absolute atomic E-state index is 0.446. The van der Waals surface area contributed by atoms with Crippen LogP contribution in [0.4, 0.5) is 5.82 Å². The Morgan fingerprint density at radius 1 is 1.39 bits per heavy atom. The summed E-state index contributed by atoms with van der Waals surface area (Å²) in [5.74, 6) is 1.22. The highest BCUT2D eigenvalue weighted by Crippen LogP contribution is 2.29. The van der Waals surface area contributed by atoms with E-state index in [9.17, 15) is 0 Å². The summed E-state index contributed by atoms with van der Waals surface area (Å²) in [6.07, 6.45) is 7.58. The molecule has 1 aliphatic rings. The van der Waals surface area contributed by atoms with Crippen molar-refractivity contribution in [3.8, 4) is 0 Å². The highest BCUT2D eigenvalue weighted by molar-refractivity contribution is 5.53. The molecule has 1 aliphatic heterocycles. The van der Waals surface area contributed by atoms with Gasteiger partial charge in [0.1, 0.15) is 11.5 Å². The van der Waals surface area contributed by atoms with Crippen LogP contribution < -0.4 is 10.6 Å². The Morgan fingerprint density at radius 2 is 2.28 bits per heavy atom. The molecule has 1 fully saturated rings. The molecule has 96 valence electrons. The summed E-state index contributed by atoms with van der Waals surface area (Å²) in [6.45, 7) is 3.01. The fourth-order valence-corrected chi connectivity index (χ4v) is 3.07. The summed E-state index contributed by atoms with van der Waals surface area (Å²) in [6, 6.07) is 7.27. The van der Waals surface area contributed by atoms with E-state index in [1.54, 1.807) is 0 Å². The van der Waals surface area contributed by atoms with Crippen LogP contribution in [0.2, 0.25) is 0 Å². The first kappa shape index (κ1) is 11.5. The van der Waals surface area contributed by atoms with Gasteiger partial charge in [-0.25, -0.2) is 4.98 Å². The van der Waals surface area contributed by atoms with Gasteiger partial charge in [-0.05, 0) is 38.3 Å². The van der Waals surface area contributed by atoms with Crippen LogP contribution in [-0.4, -0.2) is 28.0 Å². The van der Waals surface area contributed by atoms with Crippen molar-refractivity contribution in [3.63, 3.8) is 0 Å². The highest BCUT2D eigenvalue weighted by Gasteiger charge is 2.28. The van der Waals surface area contributed by atoms with E-state index in [2.05, 4.69) is 33.3 Å². The van der Waals surface area contributed by atoms with Crippen LogP contribution in [-0.2, 0) is 0 Å². The molecule has 0 bridgehead atoms. The molecule has 2 N–H and O–H groups in total. The zero-order valence-corrected chi connectivity index (χ0v) is 10.8. The predicted molar refractivity (Wildman–Crippen MR) is 73.8 cm³/mol. The molecule has 2 aromatic rings. The summed E-state index contributed by atoms with van der Waals surface area (Å²) in [5.41, 5.74) is 6.95. The molecular formula is C14H20N4. The average Bonchev–Trinajstić information content (AvgIpc) is 2.86. The molecule has 18 heavy (non-hydrogen) atoms. The van der Waals surface area contributed by atoms with Crippen LogP contribution in [0.5, 0.6) is 0 Å². The van der Waals surface area contributed by atoms with Gasteiger partial charge < -0.3 is 10.6 Å². The maximum absolute atomic E-state index is 5.95. The Bertz CT molecular complexity index is 533. The lowest BCUT2D eigenvalue weighted by Gasteiger charge is -2.42. The number of anilines is 1. The zero-order valence-electron chi connectivity index (χ0n) is 10.8. The zero-order chi connectivity index (χ0) is 12.5. The van der Waals surface area contributed by atoms with Crippen LogP contribution in [0.15, 0.2) is 30.6 Å². The SMILES string of the molecule is CC1CCCC(CN)N1c1cccc2nccn12. The van der Waals surface area contributed by atoms with Crippen LogP contribution in [0.1, 0.15) is 26.2 Å². The number of aromatic nitrogens is 2. The third kappa shape index (κ3) is 1.77. The van der Waals surface area contributed by atoms with Crippen molar-refractivity contribution < 1.29 is 0 Å². The van der Waals surface area contributed by atoms with E-state index in [0.29, 0.717) is 12.1 Å². The van der Waals surface area contributed by atoms with Crippen molar-refractivity contribution in [3.05, 3.63) is 30.6 Å². The van der Waals surface area contributed by atoms with E-state index < -0.39 is 0 Å². The van der Waals surface area contributed by atoms with Gasteiger partial charge in [0, 0.05) is 31.0 Å². The predicted octanol–water partition coefficient (Wildman–Crippen LogP) is 2.04. The van der Waals surface area contributed by atoms with E-state index in [1.165, 1.54) is 25.1 Å². The molecule has 0 spiro atoms. The van der Waals surface area contributed by atoms with Gasteiger partial charge in [-0.1, -0.05) is 6.07 Å². The molecule has 2 atom stereocenters. The topological polar surface area (TPSA) is 46.6 Å². The Labute approximate surface area is 107 Å². The van der Waals surface area contributed by atoms with E-state index in [0.717, 1.165) is 12.2 Å². The quantitative estimate of drug-likeness (QED) is 0.879. The molecule has 2 aromatic heterocycles. The molecule has 0 saturated carbocycles. The first-order valence-corrected chi connectivity index (χ1v) is 6.71. The normalized spacial score (nSPS) is 24.7. The second kappa shape index (κ2) is 4.61. The molecule has 0 aliphatic carbocycles. The van der Waals surface area contributed by atoms with Gasteiger partial charge in [0.05, 0.1) is 0 Å². The second-order valence-electron chi connectivity index (χ2n) is 5.12. The smallest absolute Gasteiger partial charge is 0.138 e. The molecule has 1 saturated heterocycles. The highest BCUT2D eigenvalue weighted by atomic mass is 15.3. The molecule has 3 rings (SSSR count). The second-order valence-corrected chi connectivity index (χ2v) is 5.12. The number of rotatable bonds is 2. The van der Waals surface area contributed by atoms with Crippen molar-refractivity contribution in [2.75, 3.05) is 11.4 Å². The third-order valence-corrected chi connectivity index (χ3v) is 3.97. The summed E-state index contributed by atoms with van der Waals surface area (Å²) in [5, 5.41) is 0. The number of hydrogen-bond acceptors (Lipinski definition) is 3. The number of hydrogen-bond donors (Lipinski definition) is 1. The minimum Gasteiger partial charge on any atom is -0.351 e. The number of imidazole rings is 1. The fourth-order valence-electron chi connectivity index (χ4n) is 3.07. The summed E-state index contributed by atoms with van der Waals surface area (Å²) in [4.78, 5) is 6.83. The molecule has 4 heteroatoms. The Balaban J connectivity index is 2.08. The van der Waals surface area contributed by atoms with Crippen LogP contribution in [0.3, 0.4) is 0 Å². The van der Waals surface area contributed by atoms with Gasteiger partial charge in [-0.2, -0.15) is 0 Å². The lowest BCUT2D eigenvalue weighted by molar-refractivity contribution is 0.397. The molecular weight excluding hydrogens is 224 g/mol. The molecule has 3 heterocycles. The van der Waals surface area contributed by atoms with Crippen molar-refractivity contribution in [1.29, 1.82) is 0 Å². The van der Waals surface area contributed by atoms with E-state index >= 15 is 0 Å². The van der Waals surface area contributed by atoms with Gasteiger partial charge in [0.2, 0.25) is 0 Å². The fraction of sp³-hybridized carbons (Fsp3) is 0.500. The standard InChI is InChI=1S/C14H20N4/c1-11-4-2-5-12(10-15)18(11)14-7-3-6-13-16-8-9-17(13)14/h3,6-9,11-12H,2,4-5,10,15H2,1H3. The Hall–Kier alpha value is -1.55. The van der Waals surface area contributed by atoms with Gasteiger partial charge in [0.15, 0.2) is 0 Å². The minimum atomic E-state index is 0.446. The van der Waals surface area contributed by atoms with Gasteiger partial charge in [-0.15, -0.1) is 0 Å². The number of pyridine rings is 1. The van der Waals surface area contributed by atoms with Crippen LogP contribution in [0.25, 0.3) is 5.65 Å². The molecule has 4 nitrogen and oxygen atoms in total. The first-order valence-electron chi connectivity index (χ1n) is 6.71. The molecule has 0 radical (unpaired) electrons. The molecule has 2 unspecified atom stereocenters. The van der Waals surface area contributed by atoms with Crippen molar-refractivity contribution >= 4 is 11.5 Å².